The molecule has 3 rings (SSSR count). The molecule has 9 nitrogen and oxygen atoms in total. The van der Waals surface area contributed by atoms with Crippen LogP contribution in [0.2, 0.25) is 0 Å². The van der Waals surface area contributed by atoms with Gasteiger partial charge in [-0.25, -0.2) is 4.68 Å². The highest BCUT2D eigenvalue weighted by Gasteiger charge is 2.19. The molecule has 0 spiro atoms. The Morgan fingerprint density at radius 1 is 0.815 bits per heavy atom. The van der Waals surface area contributed by atoms with Gasteiger partial charge in [-0.05, 0) is 12.1 Å². The molecule has 2 aromatic carbocycles. The summed E-state index contributed by atoms with van der Waals surface area (Å²) in [6, 6.07) is 7.08. The summed E-state index contributed by atoms with van der Waals surface area (Å²) in [6.45, 7) is 0. The monoisotopic (exact) mass is 371 g/mol. The molecule has 0 amide bonds. The fourth-order valence-electron chi connectivity index (χ4n) is 2.82. The van der Waals surface area contributed by atoms with Gasteiger partial charge in [-0.15, -0.1) is 5.10 Å². The van der Waals surface area contributed by atoms with Crippen molar-refractivity contribution in [3.05, 3.63) is 30.5 Å². The maximum atomic E-state index is 6.21. The lowest BCUT2D eigenvalue weighted by atomic mass is 10.1. The number of benzene rings is 2. The van der Waals surface area contributed by atoms with E-state index >= 15 is 0 Å². The molecule has 3 aromatic rings. The van der Waals surface area contributed by atoms with E-state index < -0.39 is 0 Å². The second-order valence-electron chi connectivity index (χ2n) is 5.56. The van der Waals surface area contributed by atoms with Gasteiger partial charge >= 0.3 is 0 Å². The summed E-state index contributed by atoms with van der Waals surface area (Å²) < 4.78 is 23.0. The molecular formula is C18H21N5O4. The standard InChI is InChI=1S/C18H21N5O4/c1-24-13-6-5-11(16(19)17(13)20)12-9-21-22-23(12)10-7-14(25-2)18(27-4)15(8-10)26-3/h5-9H,19-20H2,1-4H3. The molecule has 0 saturated heterocycles. The van der Waals surface area contributed by atoms with E-state index in [4.69, 9.17) is 30.4 Å². The Kier molecular flexibility index (Phi) is 4.93. The van der Waals surface area contributed by atoms with Gasteiger partial charge in [0.1, 0.15) is 5.75 Å². The van der Waals surface area contributed by atoms with Crippen LogP contribution in [0, 0.1) is 0 Å². The van der Waals surface area contributed by atoms with E-state index in [1.165, 1.54) is 7.11 Å². The predicted molar refractivity (Wildman–Crippen MR) is 102 cm³/mol. The Balaban J connectivity index is 2.18. The highest BCUT2D eigenvalue weighted by molar-refractivity contribution is 5.86. The molecule has 1 heterocycles. The van der Waals surface area contributed by atoms with Gasteiger partial charge in [0.25, 0.3) is 0 Å². The third-order valence-electron chi connectivity index (χ3n) is 4.19. The molecule has 0 aliphatic rings. The number of nitrogens with zero attached hydrogens (tertiary/aromatic N) is 3. The number of nitrogens with two attached hydrogens (primary N) is 2. The van der Waals surface area contributed by atoms with Crippen LogP contribution < -0.4 is 30.4 Å². The van der Waals surface area contributed by atoms with E-state index in [0.717, 1.165) is 0 Å². The van der Waals surface area contributed by atoms with E-state index in [1.807, 2.05) is 0 Å². The third kappa shape index (κ3) is 3.03. The summed E-state index contributed by atoms with van der Waals surface area (Å²) in [5, 5.41) is 8.18. The van der Waals surface area contributed by atoms with Crippen LogP contribution in [-0.4, -0.2) is 43.4 Å². The molecule has 0 bridgehead atoms. The number of aromatic nitrogens is 3. The van der Waals surface area contributed by atoms with E-state index in [0.29, 0.717) is 51.3 Å². The second kappa shape index (κ2) is 7.32. The number of nitrogen functional groups attached to an aromatic ring is 2. The Labute approximate surface area is 156 Å². The van der Waals surface area contributed by atoms with Crippen LogP contribution in [-0.2, 0) is 0 Å². The average molecular weight is 371 g/mol. The molecule has 4 N–H and O–H groups in total. The predicted octanol–water partition coefficient (Wildman–Crippen LogP) is 2.13. The van der Waals surface area contributed by atoms with Gasteiger partial charge in [-0.1, -0.05) is 5.21 Å². The average Bonchev–Trinajstić information content (AvgIpc) is 3.18. The molecule has 27 heavy (non-hydrogen) atoms. The first-order chi connectivity index (χ1) is 13.0. The SMILES string of the molecule is COc1ccc(-c2cnnn2-c2cc(OC)c(OC)c(OC)c2)c(N)c1N. The highest BCUT2D eigenvalue weighted by Crippen LogP contribution is 2.41. The zero-order valence-corrected chi connectivity index (χ0v) is 15.5. The molecule has 1 aromatic heterocycles. The number of rotatable bonds is 6. The first-order valence-corrected chi connectivity index (χ1v) is 7.99. The summed E-state index contributed by atoms with van der Waals surface area (Å²) in [5.41, 5.74) is 15.0. The largest absolute Gasteiger partial charge is 0.495 e. The van der Waals surface area contributed by atoms with Crippen molar-refractivity contribution in [1.82, 2.24) is 15.0 Å². The molecule has 0 aliphatic carbocycles. The van der Waals surface area contributed by atoms with Gasteiger partial charge in [-0.2, -0.15) is 0 Å². The van der Waals surface area contributed by atoms with Crippen molar-refractivity contribution >= 4 is 11.4 Å². The lowest BCUT2D eigenvalue weighted by Crippen LogP contribution is -2.05. The summed E-state index contributed by atoms with van der Waals surface area (Å²) >= 11 is 0. The second-order valence-corrected chi connectivity index (χ2v) is 5.56. The van der Waals surface area contributed by atoms with Crippen LogP contribution in [0.5, 0.6) is 23.0 Å². The molecular weight excluding hydrogens is 350 g/mol. The Bertz CT molecular complexity index is 945. The highest BCUT2D eigenvalue weighted by atomic mass is 16.5. The molecule has 0 atom stereocenters. The van der Waals surface area contributed by atoms with Gasteiger partial charge in [0, 0.05) is 17.7 Å². The normalized spacial score (nSPS) is 10.5. The van der Waals surface area contributed by atoms with Gasteiger partial charge in [0.05, 0.1) is 57.4 Å². The van der Waals surface area contributed by atoms with Crippen molar-refractivity contribution in [1.29, 1.82) is 0 Å². The topological polar surface area (TPSA) is 120 Å². The van der Waals surface area contributed by atoms with Gasteiger partial charge in [0.15, 0.2) is 11.5 Å². The third-order valence-corrected chi connectivity index (χ3v) is 4.19. The van der Waals surface area contributed by atoms with Gasteiger partial charge in [-0.3, -0.25) is 0 Å². The maximum absolute atomic E-state index is 6.21. The van der Waals surface area contributed by atoms with Crippen molar-refractivity contribution in [3.8, 4) is 39.9 Å². The van der Waals surface area contributed by atoms with Crippen molar-refractivity contribution < 1.29 is 18.9 Å². The molecule has 142 valence electrons. The zero-order chi connectivity index (χ0) is 19.6. The molecule has 0 unspecified atom stereocenters. The summed E-state index contributed by atoms with van der Waals surface area (Å²) in [6.07, 6.45) is 1.60. The number of hydrogen-bond donors (Lipinski definition) is 2. The van der Waals surface area contributed by atoms with Gasteiger partial charge < -0.3 is 30.4 Å². The van der Waals surface area contributed by atoms with Crippen LogP contribution in [0.15, 0.2) is 30.5 Å². The molecule has 9 heteroatoms. The van der Waals surface area contributed by atoms with Crippen LogP contribution >= 0.6 is 0 Å². The zero-order valence-electron chi connectivity index (χ0n) is 15.5. The summed E-state index contributed by atoms with van der Waals surface area (Å²) in [7, 11) is 6.17. The van der Waals surface area contributed by atoms with Crippen molar-refractivity contribution in [3.63, 3.8) is 0 Å². The molecule has 0 aliphatic heterocycles. The Morgan fingerprint density at radius 2 is 1.44 bits per heavy atom. The molecule has 0 saturated carbocycles. The van der Waals surface area contributed by atoms with Crippen molar-refractivity contribution in [2.45, 2.75) is 0 Å². The molecule has 0 fully saturated rings. The Hall–Kier alpha value is -3.62. The number of methoxy groups -OCH3 is 4. The van der Waals surface area contributed by atoms with Crippen molar-refractivity contribution in [2.75, 3.05) is 39.9 Å². The quantitative estimate of drug-likeness (QED) is 0.632. The fraction of sp³-hybridized carbons (Fsp3) is 0.222. The number of hydrogen-bond acceptors (Lipinski definition) is 8. The minimum absolute atomic E-state index is 0.354. The summed E-state index contributed by atoms with van der Waals surface area (Å²) in [4.78, 5) is 0. The summed E-state index contributed by atoms with van der Waals surface area (Å²) in [5.74, 6) is 1.98. The Morgan fingerprint density at radius 3 is 2.00 bits per heavy atom. The smallest absolute Gasteiger partial charge is 0.203 e. The minimum atomic E-state index is 0.354. The first-order valence-electron chi connectivity index (χ1n) is 7.99. The molecule has 0 radical (unpaired) electrons. The van der Waals surface area contributed by atoms with E-state index in [9.17, 15) is 0 Å². The van der Waals surface area contributed by atoms with Crippen LogP contribution in [0.4, 0.5) is 11.4 Å². The number of ether oxygens (including phenoxy) is 4. The van der Waals surface area contributed by atoms with Crippen LogP contribution in [0.1, 0.15) is 0 Å². The lowest BCUT2D eigenvalue weighted by molar-refractivity contribution is 0.324. The van der Waals surface area contributed by atoms with Crippen LogP contribution in [0.3, 0.4) is 0 Å². The van der Waals surface area contributed by atoms with E-state index in [1.54, 1.807) is 56.5 Å². The number of anilines is 2. The van der Waals surface area contributed by atoms with E-state index in [-0.39, 0.29) is 0 Å². The fourth-order valence-corrected chi connectivity index (χ4v) is 2.82. The maximum Gasteiger partial charge on any atom is 0.203 e. The van der Waals surface area contributed by atoms with E-state index in [2.05, 4.69) is 10.3 Å². The lowest BCUT2D eigenvalue weighted by Gasteiger charge is -2.16. The van der Waals surface area contributed by atoms with Gasteiger partial charge in [0.2, 0.25) is 5.75 Å². The van der Waals surface area contributed by atoms with Crippen molar-refractivity contribution in [2.24, 2.45) is 0 Å². The van der Waals surface area contributed by atoms with Crippen LogP contribution in [0.25, 0.3) is 16.9 Å². The first kappa shape index (κ1) is 18.2. The minimum Gasteiger partial charge on any atom is -0.495 e.